The van der Waals surface area contributed by atoms with Gasteiger partial charge in [0.05, 0.1) is 6.04 Å². The molecule has 2 rings (SSSR count). The lowest BCUT2D eigenvalue weighted by molar-refractivity contribution is 0.547. The van der Waals surface area contributed by atoms with Crippen molar-refractivity contribution in [3.8, 4) is 0 Å². The molecule has 1 aromatic heterocycles. The number of aromatic nitrogens is 2. The summed E-state index contributed by atoms with van der Waals surface area (Å²) < 4.78 is 3.31. The minimum absolute atomic E-state index is 0.0390. The summed E-state index contributed by atoms with van der Waals surface area (Å²) >= 11 is 4.09. The minimum atomic E-state index is -0.0390. The van der Waals surface area contributed by atoms with Gasteiger partial charge in [-0.1, -0.05) is 41.3 Å². The fourth-order valence-corrected chi connectivity index (χ4v) is 4.26. The van der Waals surface area contributed by atoms with E-state index in [0.29, 0.717) is 6.04 Å². The third kappa shape index (κ3) is 1.84. The second-order valence-corrected chi connectivity index (χ2v) is 5.47. The van der Waals surface area contributed by atoms with E-state index in [-0.39, 0.29) is 5.56 Å². The maximum atomic E-state index is 11.7. The summed E-state index contributed by atoms with van der Waals surface area (Å²) in [5.41, 5.74) is 1.94. The number of thioether (sulfide) groups is 1. The van der Waals surface area contributed by atoms with E-state index in [2.05, 4.69) is 32.1 Å². The molecule has 3 nitrogen and oxygen atoms in total. The molecule has 1 aliphatic heterocycles. The van der Waals surface area contributed by atoms with Crippen molar-refractivity contribution < 1.29 is 0 Å². The van der Waals surface area contributed by atoms with E-state index in [1.165, 1.54) is 0 Å². The van der Waals surface area contributed by atoms with Gasteiger partial charge < -0.3 is 4.57 Å². The molecular weight excluding hydrogens is 323 g/mol. The van der Waals surface area contributed by atoms with Gasteiger partial charge in [-0.05, 0) is 13.3 Å². The Bertz CT molecular complexity index is 444. The van der Waals surface area contributed by atoms with Crippen molar-refractivity contribution in [1.29, 1.82) is 0 Å². The molecule has 0 spiro atoms. The van der Waals surface area contributed by atoms with Crippen LogP contribution in [0.1, 0.15) is 24.2 Å². The Labute approximate surface area is 107 Å². The molecule has 0 saturated heterocycles. The van der Waals surface area contributed by atoms with Crippen LogP contribution in [0.4, 0.5) is 0 Å². The molecule has 0 aliphatic carbocycles. The van der Waals surface area contributed by atoms with Gasteiger partial charge in [0.1, 0.15) is 0 Å². The normalized spacial score (nSPS) is 19.3. The van der Waals surface area contributed by atoms with Crippen molar-refractivity contribution in [2.45, 2.75) is 31.5 Å². The van der Waals surface area contributed by atoms with Crippen molar-refractivity contribution in [2.75, 3.05) is 10.2 Å². The average molecular weight is 336 g/mol. The van der Waals surface area contributed by atoms with E-state index in [1.807, 2.05) is 13.8 Å². The van der Waals surface area contributed by atoms with Gasteiger partial charge in [-0.15, -0.1) is 0 Å². The van der Waals surface area contributed by atoms with E-state index in [4.69, 9.17) is 0 Å². The molecule has 1 aliphatic rings. The standard InChI is InChI=1S/C10H13IN2OS/c1-3-8-6(2)13-7(4-11)5-15-10(13)12-9(8)14/h7H,3-5H2,1-2H3. The highest BCUT2D eigenvalue weighted by molar-refractivity contribution is 14.1. The van der Waals surface area contributed by atoms with Crippen LogP contribution in [0.5, 0.6) is 0 Å². The van der Waals surface area contributed by atoms with Crippen molar-refractivity contribution in [3.05, 3.63) is 21.6 Å². The highest BCUT2D eigenvalue weighted by Gasteiger charge is 2.25. The van der Waals surface area contributed by atoms with Crippen LogP contribution in [0.25, 0.3) is 0 Å². The molecule has 0 saturated carbocycles. The van der Waals surface area contributed by atoms with Gasteiger partial charge in [-0.3, -0.25) is 4.79 Å². The van der Waals surface area contributed by atoms with E-state index >= 15 is 0 Å². The number of rotatable bonds is 2. The number of nitrogens with zero attached hydrogens (tertiary/aromatic N) is 2. The third-order valence-corrected chi connectivity index (χ3v) is 4.88. The number of hydrogen-bond acceptors (Lipinski definition) is 3. The first-order chi connectivity index (χ1) is 7.19. The van der Waals surface area contributed by atoms with Gasteiger partial charge in [-0.2, -0.15) is 4.98 Å². The lowest BCUT2D eigenvalue weighted by atomic mass is 10.2. The van der Waals surface area contributed by atoms with E-state index in [9.17, 15) is 4.79 Å². The molecule has 0 aromatic carbocycles. The molecule has 2 heterocycles. The Morgan fingerprint density at radius 2 is 2.40 bits per heavy atom. The molecule has 0 bridgehead atoms. The second kappa shape index (κ2) is 4.45. The zero-order valence-corrected chi connectivity index (χ0v) is 11.8. The van der Waals surface area contributed by atoms with Crippen LogP contribution in [0.3, 0.4) is 0 Å². The molecule has 0 amide bonds. The Kier molecular flexibility index (Phi) is 3.39. The summed E-state index contributed by atoms with van der Waals surface area (Å²) in [6.07, 6.45) is 0.774. The Morgan fingerprint density at radius 1 is 1.67 bits per heavy atom. The summed E-state index contributed by atoms with van der Waals surface area (Å²) in [6.45, 7) is 4.05. The first kappa shape index (κ1) is 11.4. The van der Waals surface area contributed by atoms with Crippen LogP contribution >= 0.6 is 34.4 Å². The Morgan fingerprint density at radius 3 is 3.00 bits per heavy atom. The summed E-state index contributed by atoms with van der Waals surface area (Å²) in [5.74, 6) is 1.05. The first-order valence-corrected chi connectivity index (χ1v) is 7.51. The van der Waals surface area contributed by atoms with E-state index < -0.39 is 0 Å². The predicted molar refractivity (Wildman–Crippen MR) is 71.3 cm³/mol. The van der Waals surface area contributed by atoms with E-state index in [1.54, 1.807) is 11.8 Å². The van der Waals surface area contributed by atoms with Crippen molar-refractivity contribution >= 4 is 34.4 Å². The van der Waals surface area contributed by atoms with Crippen LogP contribution in [-0.4, -0.2) is 19.7 Å². The molecular formula is C10H13IN2OS. The van der Waals surface area contributed by atoms with Crippen molar-refractivity contribution in [2.24, 2.45) is 0 Å². The van der Waals surface area contributed by atoms with Gasteiger partial charge in [0.2, 0.25) is 0 Å². The van der Waals surface area contributed by atoms with Crippen LogP contribution < -0.4 is 5.56 Å². The van der Waals surface area contributed by atoms with Gasteiger partial charge in [0, 0.05) is 21.4 Å². The molecule has 82 valence electrons. The minimum Gasteiger partial charge on any atom is -0.320 e. The Hall–Kier alpha value is -0.0400. The lowest BCUT2D eigenvalue weighted by Crippen LogP contribution is -2.22. The number of fused-ring (bicyclic) bond motifs is 1. The smallest absolute Gasteiger partial charge is 0.277 e. The Balaban J connectivity index is 2.64. The summed E-state index contributed by atoms with van der Waals surface area (Å²) in [5, 5.41) is 0.899. The van der Waals surface area contributed by atoms with Crippen LogP contribution in [0.2, 0.25) is 0 Å². The fraction of sp³-hybridized carbons (Fsp3) is 0.600. The second-order valence-electron chi connectivity index (χ2n) is 3.61. The molecule has 5 heteroatoms. The zero-order chi connectivity index (χ0) is 11.0. The monoisotopic (exact) mass is 336 g/mol. The number of halogens is 1. The summed E-state index contributed by atoms with van der Waals surface area (Å²) in [4.78, 5) is 15.8. The van der Waals surface area contributed by atoms with Gasteiger partial charge in [0.25, 0.3) is 5.56 Å². The lowest BCUT2D eigenvalue weighted by Gasteiger charge is -2.16. The van der Waals surface area contributed by atoms with Gasteiger partial charge >= 0.3 is 0 Å². The molecule has 1 unspecified atom stereocenters. The highest BCUT2D eigenvalue weighted by atomic mass is 127. The molecule has 0 radical (unpaired) electrons. The average Bonchev–Trinajstić information content (AvgIpc) is 2.61. The van der Waals surface area contributed by atoms with Crippen molar-refractivity contribution in [1.82, 2.24) is 9.55 Å². The molecule has 0 N–H and O–H groups in total. The quantitative estimate of drug-likeness (QED) is 0.472. The molecule has 15 heavy (non-hydrogen) atoms. The highest BCUT2D eigenvalue weighted by Crippen LogP contribution is 2.33. The first-order valence-electron chi connectivity index (χ1n) is 4.99. The molecule has 0 fully saturated rings. The number of hydrogen-bond donors (Lipinski definition) is 0. The van der Waals surface area contributed by atoms with Gasteiger partial charge in [-0.25, -0.2) is 0 Å². The topological polar surface area (TPSA) is 34.9 Å². The van der Waals surface area contributed by atoms with Crippen LogP contribution in [-0.2, 0) is 6.42 Å². The van der Waals surface area contributed by atoms with Crippen LogP contribution in [0.15, 0.2) is 9.95 Å². The number of alkyl halides is 1. The van der Waals surface area contributed by atoms with E-state index in [0.717, 1.165) is 33.0 Å². The van der Waals surface area contributed by atoms with Crippen molar-refractivity contribution in [3.63, 3.8) is 0 Å². The SMILES string of the molecule is CCc1c(C)n2c(nc1=O)SCC2CI. The summed E-state index contributed by atoms with van der Waals surface area (Å²) in [7, 11) is 0. The predicted octanol–water partition coefficient (Wildman–Crippen LogP) is 2.20. The third-order valence-electron chi connectivity index (χ3n) is 2.76. The molecule has 1 aromatic rings. The maximum Gasteiger partial charge on any atom is 0.277 e. The zero-order valence-electron chi connectivity index (χ0n) is 8.79. The summed E-state index contributed by atoms with van der Waals surface area (Å²) in [6, 6.07) is 0.504. The van der Waals surface area contributed by atoms with Gasteiger partial charge in [0.15, 0.2) is 5.16 Å². The van der Waals surface area contributed by atoms with Crippen LogP contribution in [0, 0.1) is 6.92 Å². The fourth-order valence-electron chi connectivity index (χ4n) is 1.95. The maximum absolute atomic E-state index is 11.7. The largest absolute Gasteiger partial charge is 0.320 e. The molecule has 1 atom stereocenters.